The van der Waals surface area contributed by atoms with E-state index in [0.29, 0.717) is 36.8 Å². The van der Waals surface area contributed by atoms with Crippen molar-refractivity contribution in [3.63, 3.8) is 0 Å². The van der Waals surface area contributed by atoms with Crippen LogP contribution in [0.15, 0.2) is 66.7 Å². The van der Waals surface area contributed by atoms with Crippen LogP contribution in [0, 0.1) is 0 Å². The van der Waals surface area contributed by atoms with E-state index in [1.165, 1.54) is 0 Å². The molecule has 6 heteroatoms. The van der Waals surface area contributed by atoms with Crippen molar-refractivity contribution in [1.82, 2.24) is 14.9 Å². The Morgan fingerprint density at radius 2 is 1.69 bits per heavy atom. The van der Waals surface area contributed by atoms with Crippen LogP contribution in [-0.4, -0.2) is 41.5 Å². The minimum atomic E-state index is -0.0961. The van der Waals surface area contributed by atoms with Crippen molar-refractivity contribution < 1.29 is 14.3 Å². The van der Waals surface area contributed by atoms with E-state index in [1.807, 2.05) is 71.6 Å². The molecule has 0 bridgehead atoms. The molecule has 32 heavy (non-hydrogen) atoms. The molecule has 0 aliphatic carbocycles. The molecule has 1 aliphatic rings. The van der Waals surface area contributed by atoms with Gasteiger partial charge in [-0.1, -0.05) is 54.6 Å². The monoisotopic (exact) mass is 425 g/mol. The summed E-state index contributed by atoms with van der Waals surface area (Å²) in [6.45, 7) is 1.07. The average molecular weight is 425 g/mol. The zero-order chi connectivity index (χ0) is 22.1. The fourth-order valence-electron chi connectivity index (χ4n) is 4.26. The quantitative estimate of drug-likeness (QED) is 0.481. The highest BCUT2D eigenvalue weighted by atomic mass is 16.5. The van der Waals surface area contributed by atoms with Crippen molar-refractivity contribution in [2.24, 2.45) is 0 Å². The number of carbonyl (C=O) groups is 1. The Bertz CT molecular complexity index is 1300. The molecule has 0 atom stereocenters. The largest absolute Gasteiger partial charge is 0.493 e. The third-order valence-corrected chi connectivity index (χ3v) is 5.86. The third kappa shape index (κ3) is 3.43. The zero-order valence-corrected chi connectivity index (χ0v) is 18.0. The number of ether oxygens (including phenoxy) is 2. The fraction of sp³-hybridized carbons (Fsp3) is 0.192. The topological polar surface area (TPSA) is 64.6 Å². The predicted molar refractivity (Wildman–Crippen MR) is 123 cm³/mol. The molecule has 160 valence electrons. The number of fused-ring (bicyclic) bond motifs is 2. The highest BCUT2D eigenvalue weighted by molar-refractivity contribution is 6.05. The molecule has 0 saturated heterocycles. The second kappa shape index (κ2) is 8.30. The molecule has 0 fully saturated rings. The predicted octanol–water partition coefficient (Wildman–Crippen LogP) is 4.51. The Morgan fingerprint density at radius 3 is 2.47 bits per heavy atom. The van der Waals surface area contributed by atoms with Gasteiger partial charge in [0, 0.05) is 29.6 Å². The van der Waals surface area contributed by atoms with Crippen LogP contribution in [0.2, 0.25) is 0 Å². The Morgan fingerprint density at radius 1 is 0.906 bits per heavy atom. The van der Waals surface area contributed by atoms with E-state index >= 15 is 0 Å². The molecular formula is C26H23N3O3. The molecule has 1 amide bonds. The number of amides is 1. The van der Waals surface area contributed by atoms with Crippen molar-refractivity contribution in [3.8, 4) is 22.9 Å². The summed E-state index contributed by atoms with van der Waals surface area (Å²) in [4.78, 5) is 24.9. The van der Waals surface area contributed by atoms with E-state index in [2.05, 4.69) is 0 Å². The molecule has 1 aliphatic heterocycles. The maximum Gasteiger partial charge on any atom is 0.273 e. The molecule has 0 saturated carbocycles. The van der Waals surface area contributed by atoms with Crippen LogP contribution < -0.4 is 9.47 Å². The molecule has 6 nitrogen and oxygen atoms in total. The number of benzene rings is 3. The molecule has 0 unspecified atom stereocenters. The van der Waals surface area contributed by atoms with E-state index in [0.717, 1.165) is 33.3 Å². The lowest BCUT2D eigenvalue weighted by atomic mass is 9.97. The van der Waals surface area contributed by atoms with Crippen LogP contribution in [0.4, 0.5) is 0 Å². The van der Waals surface area contributed by atoms with Gasteiger partial charge in [0.2, 0.25) is 0 Å². The lowest BCUT2D eigenvalue weighted by molar-refractivity contribution is 0.0730. The molecule has 5 rings (SSSR count). The van der Waals surface area contributed by atoms with Gasteiger partial charge in [-0.25, -0.2) is 9.97 Å². The van der Waals surface area contributed by atoms with Gasteiger partial charge in [0.05, 0.1) is 19.7 Å². The summed E-state index contributed by atoms with van der Waals surface area (Å²) in [6, 6.07) is 21.3. The number of hydrogen-bond acceptors (Lipinski definition) is 5. The van der Waals surface area contributed by atoms with Crippen LogP contribution in [-0.2, 0) is 13.0 Å². The number of rotatable bonds is 4. The van der Waals surface area contributed by atoms with E-state index in [9.17, 15) is 4.79 Å². The van der Waals surface area contributed by atoms with Gasteiger partial charge < -0.3 is 14.4 Å². The standard InChI is InChI=1S/C26H23N3O3/c1-31-22-13-12-18-16-29(15-14-19(18)24(22)32-2)26(30)23-20-10-6-7-11-21(20)27-25(28-23)17-8-4-3-5-9-17/h3-13H,14-16H2,1-2H3. The van der Waals surface area contributed by atoms with E-state index in [4.69, 9.17) is 19.4 Å². The van der Waals surface area contributed by atoms with Gasteiger partial charge in [0.25, 0.3) is 5.91 Å². The summed E-state index contributed by atoms with van der Waals surface area (Å²) >= 11 is 0. The number of nitrogens with zero attached hydrogens (tertiary/aromatic N) is 3. The smallest absolute Gasteiger partial charge is 0.273 e. The Labute approximate surface area is 186 Å². The van der Waals surface area contributed by atoms with Crippen LogP contribution in [0.3, 0.4) is 0 Å². The van der Waals surface area contributed by atoms with Gasteiger partial charge in [0.1, 0.15) is 5.69 Å². The normalized spacial score (nSPS) is 13.0. The first-order valence-electron chi connectivity index (χ1n) is 10.5. The number of para-hydroxylation sites is 1. The maximum atomic E-state index is 13.7. The molecule has 0 spiro atoms. The van der Waals surface area contributed by atoms with Crippen molar-refractivity contribution in [2.45, 2.75) is 13.0 Å². The first kappa shape index (κ1) is 20.0. The number of methoxy groups -OCH3 is 2. The van der Waals surface area contributed by atoms with E-state index in [-0.39, 0.29) is 5.91 Å². The molecule has 0 radical (unpaired) electrons. The summed E-state index contributed by atoms with van der Waals surface area (Å²) in [5.74, 6) is 1.91. The SMILES string of the molecule is COc1ccc2c(c1OC)CCN(C(=O)c1nc(-c3ccccc3)nc3ccccc13)C2. The highest BCUT2D eigenvalue weighted by Crippen LogP contribution is 2.36. The van der Waals surface area contributed by atoms with Gasteiger partial charge in [0.15, 0.2) is 17.3 Å². The van der Waals surface area contributed by atoms with Gasteiger partial charge in [-0.05, 0) is 24.1 Å². The molecule has 0 N–H and O–H groups in total. The van der Waals surface area contributed by atoms with Crippen LogP contribution in [0.1, 0.15) is 21.6 Å². The van der Waals surface area contributed by atoms with E-state index < -0.39 is 0 Å². The van der Waals surface area contributed by atoms with Crippen LogP contribution in [0.5, 0.6) is 11.5 Å². The minimum Gasteiger partial charge on any atom is -0.493 e. The second-order valence-electron chi connectivity index (χ2n) is 7.69. The van der Waals surface area contributed by atoms with E-state index in [1.54, 1.807) is 14.2 Å². The lowest BCUT2D eigenvalue weighted by Crippen LogP contribution is -2.36. The number of carbonyl (C=O) groups excluding carboxylic acids is 1. The van der Waals surface area contributed by atoms with Gasteiger partial charge >= 0.3 is 0 Å². The molecule has 2 heterocycles. The van der Waals surface area contributed by atoms with Gasteiger partial charge in [-0.15, -0.1) is 0 Å². The van der Waals surface area contributed by atoms with Crippen LogP contribution >= 0.6 is 0 Å². The Hall–Kier alpha value is -3.93. The van der Waals surface area contributed by atoms with Crippen molar-refractivity contribution in [2.75, 3.05) is 20.8 Å². The summed E-state index contributed by atoms with van der Waals surface area (Å²) in [5.41, 5.74) is 4.22. The van der Waals surface area contributed by atoms with Crippen molar-refractivity contribution in [1.29, 1.82) is 0 Å². The first-order valence-corrected chi connectivity index (χ1v) is 10.5. The fourth-order valence-corrected chi connectivity index (χ4v) is 4.26. The summed E-state index contributed by atoms with van der Waals surface area (Å²) in [6.07, 6.45) is 0.690. The average Bonchev–Trinajstić information content (AvgIpc) is 2.87. The molecule has 1 aromatic heterocycles. The zero-order valence-electron chi connectivity index (χ0n) is 18.0. The lowest BCUT2D eigenvalue weighted by Gasteiger charge is -2.30. The number of aromatic nitrogens is 2. The summed E-state index contributed by atoms with van der Waals surface area (Å²) < 4.78 is 11.0. The maximum absolute atomic E-state index is 13.7. The van der Waals surface area contributed by atoms with Gasteiger partial charge in [-0.2, -0.15) is 0 Å². The summed E-state index contributed by atoms with van der Waals surface area (Å²) in [5, 5.41) is 0.760. The van der Waals surface area contributed by atoms with Crippen molar-refractivity contribution >= 4 is 16.8 Å². The minimum absolute atomic E-state index is 0.0961. The Balaban J connectivity index is 1.54. The number of hydrogen-bond donors (Lipinski definition) is 0. The molecular weight excluding hydrogens is 402 g/mol. The van der Waals surface area contributed by atoms with Crippen molar-refractivity contribution in [3.05, 3.63) is 83.6 Å². The van der Waals surface area contributed by atoms with Gasteiger partial charge in [-0.3, -0.25) is 4.79 Å². The van der Waals surface area contributed by atoms with Crippen LogP contribution in [0.25, 0.3) is 22.3 Å². The second-order valence-corrected chi connectivity index (χ2v) is 7.69. The first-order chi connectivity index (χ1) is 15.7. The summed E-state index contributed by atoms with van der Waals surface area (Å²) in [7, 11) is 3.28. The molecule has 3 aromatic carbocycles. The highest BCUT2D eigenvalue weighted by Gasteiger charge is 2.27. The molecule has 4 aromatic rings. The Kier molecular flexibility index (Phi) is 5.19. The third-order valence-electron chi connectivity index (χ3n) is 5.86.